The summed E-state index contributed by atoms with van der Waals surface area (Å²) >= 11 is 0. The van der Waals surface area contributed by atoms with Gasteiger partial charge in [-0.3, -0.25) is 0 Å². The van der Waals surface area contributed by atoms with Crippen LogP contribution in [0.5, 0.6) is 11.6 Å². The van der Waals surface area contributed by atoms with Gasteiger partial charge in [0.15, 0.2) is 0 Å². The van der Waals surface area contributed by atoms with E-state index in [9.17, 15) is 0 Å². The molecule has 3 aromatic rings. The van der Waals surface area contributed by atoms with Crippen LogP contribution in [0.25, 0.3) is 0 Å². The highest BCUT2D eigenvalue weighted by atomic mass is 16.5. The highest BCUT2D eigenvalue weighted by molar-refractivity contribution is 5.43. The number of anilines is 2. The summed E-state index contributed by atoms with van der Waals surface area (Å²) in [7, 11) is 5.51. The van der Waals surface area contributed by atoms with Crippen LogP contribution < -0.4 is 19.7 Å². The van der Waals surface area contributed by atoms with E-state index in [-0.39, 0.29) is 0 Å². The summed E-state index contributed by atoms with van der Waals surface area (Å²) in [4.78, 5) is 15.1. The Morgan fingerprint density at radius 3 is 2.68 bits per heavy atom. The van der Waals surface area contributed by atoms with Gasteiger partial charge in [-0.15, -0.1) is 0 Å². The average Bonchev–Trinajstić information content (AvgIpc) is 2.73. The Bertz CT molecular complexity index is 887. The van der Waals surface area contributed by atoms with Crippen molar-refractivity contribution in [3.63, 3.8) is 0 Å². The number of aromatic nitrogens is 3. The Balaban J connectivity index is 1.64. The largest absolute Gasteiger partial charge is 0.497 e. The van der Waals surface area contributed by atoms with Crippen LogP contribution in [-0.4, -0.2) is 42.7 Å². The molecule has 2 heterocycles. The molecule has 0 saturated carbocycles. The van der Waals surface area contributed by atoms with Gasteiger partial charge in [0.25, 0.3) is 0 Å². The molecule has 1 aromatic carbocycles. The van der Waals surface area contributed by atoms with E-state index in [1.807, 2.05) is 61.5 Å². The maximum atomic E-state index is 5.72. The second-order valence-corrected chi connectivity index (χ2v) is 6.42. The maximum Gasteiger partial charge on any atom is 0.227 e. The number of methoxy groups -OCH3 is 1. The van der Waals surface area contributed by atoms with Crippen molar-refractivity contribution in [1.82, 2.24) is 15.0 Å². The van der Waals surface area contributed by atoms with Crippen molar-refractivity contribution >= 4 is 11.8 Å². The first kappa shape index (κ1) is 19.4. The van der Waals surface area contributed by atoms with E-state index in [0.717, 1.165) is 30.2 Å². The number of pyridine rings is 1. The third kappa shape index (κ3) is 5.57. The van der Waals surface area contributed by atoms with E-state index in [1.54, 1.807) is 13.3 Å². The van der Waals surface area contributed by atoms with Crippen LogP contribution >= 0.6 is 0 Å². The van der Waals surface area contributed by atoms with Gasteiger partial charge in [-0.25, -0.2) is 9.97 Å². The highest BCUT2D eigenvalue weighted by Gasteiger charge is 2.08. The summed E-state index contributed by atoms with van der Waals surface area (Å²) in [5, 5.41) is 3.37. The summed E-state index contributed by atoms with van der Waals surface area (Å²) in [5.74, 6) is 2.83. The maximum absolute atomic E-state index is 5.72. The summed E-state index contributed by atoms with van der Waals surface area (Å²) in [6, 6.07) is 15.5. The van der Waals surface area contributed by atoms with Crippen molar-refractivity contribution in [2.75, 3.05) is 38.0 Å². The SMILES string of the molecule is COc1cccc(CCNc2cc(COc3ccccn3)nc(N(C)C)n2)c1. The van der Waals surface area contributed by atoms with E-state index in [0.29, 0.717) is 18.4 Å². The van der Waals surface area contributed by atoms with Crippen molar-refractivity contribution in [2.24, 2.45) is 0 Å². The molecule has 0 aliphatic heterocycles. The van der Waals surface area contributed by atoms with Gasteiger partial charge in [-0.05, 0) is 30.2 Å². The number of rotatable bonds is 9. The lowest BCUT2D eigenvalue weighted by molar-refractivity contribution is 0.289. The lowest BCUT2D eigenvalue weighted by Crippen LogP contribution is -2.16. The fourth-order valence-electron chi connectivity index (χ4n) is 2.59. The third-order valence-corrected chi connectivity index (χ3v) is 4.03. The molecule has 28 heavy (non-hydrogen) atoms. The zero-order chi connectivity index (χ0) is 19.8. The minimum absolute atomic E-state index is 0.324. The molecule has 2 aromatic heterocycles. The van der Waals surface area contributed by atoms with Crippen molar-refractivity contribution in [1.29, 1.82) is 0 Å². The standard InChI is InChI=1S/C21H25N5O2/c1-26(2)21-24-17(15-28-20-9-4-5-11-23-20)14-19(25-21)22-12-10-16-7-6-8-18(13-16)27-3/h4-9,11,13-14H,10,12,15H2,1-3H3,(H,22,24,25). The molecule has 0 aliphatic rings. The lowest BCUT2D eigenvalue weighted by Gasteiger charge is -2.15. The van der Waals surface area contributed by atoms with Crippen LogP contribution in [-0.2, 0) is 13.0 Å². The zero-order valence-corrected chi connectivity index (χ0v) is 16.4. The molecule has 0 fully saturated rings. The molecule has 0 atom stereocenters. The number of hydrogen-bond acceptors (Lipinski definition) is 7. The monoisotopic (exact) mass is 379 g/mol. The van der Waals surface area contributed by atoms with Gasteiger partial charge in [-0.1, -0.05) is 18.2 Å². The summed E-state index contributed by atoms with van der Waals surface area (Å²) in [6.07, 6.45) is 2.56. The second-order valence-electron chi connectivity index (χ2n) is 6.42. The molecule has 0 bridgehead atoms. The molecular formula is C21H25N5O2. The van der Waals surface area contributed by atoms with E-state index in [4.69, 9.17) is 9.47 Å². The van der Waals surface area contributed by atoms with E-state index in [2.05, 4.69) is 26.3 Å². The van der Waals surface area contributed by atoms with Gasteiger partial charge in [0.2, 0.25) is 11.8 Å². The van der Waals surface area contributed by atoms with Crippen molar-refractivity contribution in [3.8, 4) is 11.6 Å². The van der Waals surface area contributed by atoms with Gasteiger partial charge in [-0.2, -0.15) is 4.98 Å². The first-order chi connectivity index (χ1) is 13.6. The van der Waals surface area contributed by atoms with Gasteiger partial charge < -0.3 is 19.7 Å². The van der Waals surface area contributed by atoms with Crippen molar-refractivity contribution in [2.45, 2.75) is 13.0 Å². The Kier molecular flexibility index (Phi) is 6.62. The Labute approximate surface area is 165 Å². The van der Waals surface area contributed by atoms with E-state index in [1.165, 1.54) is 5.56 Å². The van der Waals surface area contributed by atoms with Gasteiger partial charge in [0.05, 0.1) is 12.8 Å². The molecule has 0 aliphatic carbocycles. The number of ether oxygens (including phenoxy) is 2. The number of nitrogens with one attached hydrogen (secondary N) is 1. The van der Waals surface area contributed by atoms with Crippen molar-refractivity contribution in [3.05, 3.63) is 66.0 Å². The Morgan fingerprint density at radius 2 is 1.93 bits per heavy atom. The van der Waals surface area contributed by atoms with E-state index >= 15 is 0 Å². The summed E-state index contributed by atoms with van der Waals surface area (Å²) in [5.41, 5.74) is 1.99. The zero-order valence-electron chi connectivity index (χ0n) is 16.4. The molecule has 0 radical (unpaired) electrons. The molecule has 0 unspecified atom stereocenters. The van der Waals surface area contributed by atoms with Crippen LogP contribution in [0.2, 0.25) is 0 Å². The van der Waals surface area contributed by atoms with Gasteiger partial charge in [0.1, 0.15) is 18.2 Å². The molecule has 1 N–H and O–H groups in total. The minimum Gasteiger partial charge on any atom is -0.497 e. The first-order valence-electron chi connectivity index (χ1n) is 9.10. The molecular weight excluding hydrogens is 354 g/mol. The predicted molar refractivity (Wildman–Crippen MR) is 110 cm³/mol. The van der Waals surface area contributed by atoms with Gasteiger partial charge >= 0.3 is 0 Å². The normalized spacial score (nSPS) is 10.4. The fourth-order valence-corrected chi connectivity index (χ4v) is 2.59. The Morgan fingerprint density at radius 1 is 1.04 bits per heavy atom. The first-order valence-corrected chi connectivity index (χ1v) is 9.10. The Hall–Kier alpha value is -3.35. The highest BCUT2D eigenvalue weighted by Crippen LogP contribution is 2.16. The molecule has 7 nitrogen and oxygen atoms in total. The topological polar surface area (TPSA) is 72.4 Å². The lowest BCUT2D eigenvalue weighted by atomic mass is 10.1. The van der Waals surface area contributed by atoms with Crippen LogP contribution in [0.1, 0.15) is 11.3 Å². The number of hydrogen-bond donors (Lipinski definition) is 1. The average molecular weight is 379 g/mol. The van der Waals surface area contributed by atoms with Crippen LogP contribution in [0.4, 0.5) is 11.8 Å². The quantitative estimate of drug-likeness (QED) is 0.612. The van der Waals surface area contributed by atoms with Crippen LogP contribution in [0.15, 0.2) is 54.7 Å². The molecule has 0 saturated heterocycles. The predicted octanol–water partition coefficient (Wildman–Crippen LogP) is 3.18. The minimum atomic E-state index is 0.324. The fraction of sp³-hybridized carbons (Fsp3) is 0.286. The number of nitrogens with zero attached hydrogens (tertiary/aromatic N) is 4. The number of benzene rings is 1. The summed E-state index contributed by atoms with van der Waals surface area (Å²) < 4.78 is 11.0. The van der Waals surface area contributed by atoms with E-state index < -0.39 is 0 Å². The third-order valence-electron chi connectivity index (χ3n) is 4.03. The molecule has 3 rings (SSSR count). The smallest absolute Gasteiger partial charge is 0.227 e. The molecule has 146 valence electrons. The van der Waals surface area contributed by atoms with Crippen molar-refractivity contribution < 1.29 is 9.47 Å². The molecule has 0 spiro atoms. The molecule has 0 amide bonds. The van der Waals surface area contributed by atoms with Crippen LogP contribution in [0.3, 0.4) is 0 Å². The van der Waals surface area contributed by atoms with Gasteiger partial charge in [0, 0.05) is 39.0 Å². The van der Waals surface area contributed by atoms with Crippen LogP contribution in [0, 0.1) is 0 Å². The molecule has 7 heteroatoms. The second kappa shape index (κ2) is 9.55. The summed E-state index contributed by atoms with van der Waals surface area (Å²) in [6.45, 7) is 1.07.